The van der Waals surface area contributed by atoms with E-state index in [-0.39, 0.29) is 5.91 Å². The van der Waals surface area contributed by atoms with E-state index in [9.17, 15) is 4.79 Å². The highest BCUT2D eigenvalue weighted by molar-refractivity contribution is 9.10. The van der Waals surface area contributed by atoms with Crippen molar-refractivity contribution in [1.29, 1.82) is 0 Å². The molecule has 0 aliphatic rings. The van der Waals surface area contributed by atoms with Crippen molar-refractivity contribution in [2.24, 2.45) is 0 Å². The van der Waals surface area contributed by atoms with Gasteiger partial charge in [-0.2, -0.15) is 0 Å². The second-order valence-electron chi connectivity index (χ2n) is 5.10. The summed E-state index contributed by atoms with van der Waals surface area (Å²) in [5, 5.41) is 2.86. The van der Waals surface area contributed by atoms with Gasteiger partial charge >= 0.3 is 0 Å². The van der Waals surface area contributed by atoms with E-state index in [0.29, 0.717) is 0 Å². The fourth-order valence-electron chi connectivity index (χ4n) is 2.11. The van der Waals surface area contributed by atoms with Crippen LogP contribution >= 0.6 is 31.9 Å². The highest BCUT2D eigenvalue weighted by Gasteiger charge is 2.18. The zero-order valence-corrected chi connectivity index (χ0v) is 15.8. The molecule has 1 atom stereocenters. The number of hydrogen-bond acceptors (Lipinski definition) is 2. The minimum atomic E-state index is -0.592. The number of rotatable bonds is 4. The fourth-order valence-corrected chi connectivity index (χ4v) is 3.18. The Morgan fingerprint density at radius 3 is 2.32 bits per heavy atom. The largest absolute Gasteiger partial charge is 0.480 e. The molecular weight excluding hydrogens is 410 g/mol. The number of amides is 1. The molecule has 0 heterocycles. The highest BCUT2D eigenvalue weighted by Crippen LogP contribution is 2.28. The van der Waals surface area contributed by atoms with Crippen molar-refractivity contribution in [3.63, 3.8) is 0 Å². The van der Waals surface area contributed by atoms with Crippen LogP contribution in [0.3, 0.4) is 0 Å². The SMILES string of the molecule is Cc1cc(Br)cc(C)c1OC(C)C(=O)Nc1ccccc1Br. The summed E-state index contributed by atoms with van der Waals surface area (Å²) in [4.78, 5) is 12.3. The van der Waals surface area contributed by atoms with Gasteiger partial charge < -0.3 is 10.1 Å². The maximum atomic E-state index is 12.3. The van der Waals surface area contributed by atoms with E-state index in [2.05, 4.69) is 37.2 Å². The molecule has 0 saturated heterocycles. The van der Waals surface area contributed by atoms with Crippen LogP contribution in [0.15, 0.2) is 45.3 Å². The minimum Gasteiger partial charge on any atom is -0.480 e. The van der Waals surface area contributed by atoms with E-state index in [1.54, 1.807) is 6.92 Å². The average Bonchev–Trinajstić information content (AvgIpc) is 2.45. The van der Waals surface area contributed by atoms with Gasteiger partial charge in [-0.3, -0.25) is 4.79 Å². The Bertz CT molecular complexity index is 678. The maximum absolute atomic E-state index is 12.3. The number of benzene rings is 2. The predicted molar refractivity (Wildman–Crippen MR) is 96.5 cm³/mol. The Morgan fingerprint density at radius 1 is 1.14 bits per heavy atom. The molecule has 0 radical (unpaired) electrons. The number of ether oxygens (including phenoxy) is 1. The lowest BCUT2D eigenvalue weighted by Crippen LogP contribution is -2.30. The zero-order chi connectivity index (χ0) is 16.3. The zero-order valence-electron chi connectivity index (χ0n) is 12.6. The average molecular weight is 427 g/mol. The number of halogens is 2. The third-order valence-corrected chi connectivity index (χ3v) is 4.37. The number of carbonyl (C=O) groups is 1. The monoisotopic (exact) mass is 425 g/mol. The van der Waals surface area contributed by atoms with Gasteiger partial charge in [0, 0.05) is 8.95 Å². The summed E-state index contributed by atoms with van der Waals surface area (Å²) in [6.45, 7) is 5.67. The molecule has 3 nitrogen and oxygen atoms in total. The van der Waals surface area contributed by atoms with E-state index in [0.717, 1.165) is 31.5 Å². The highest BCUT2D eigenvalue weighted by atomic mass is 79.9. The van der Waals surface area contributed by atoms with Crippen molar-refractivity contribution in [3.05, 3.63) is 56.5 Å². The molecule has 1 unspecified atom stereocenters. The summed E-state index contributed by atoms with van der Waals surface area (Å²) < 4.78 is 7.70. The van der Waals surface area contributed by atoms with Crippen LogP contribution in [0.2, 0.25) is 0 Å². The van der Waals surface area contributed by atoms with Crippen molar-refractivity contribution in [2.75, 3.05) is 5.32 Å². The van der Waals surface area contributed by atoms with Gasteiger partial charge in [-0.1, -0.05) is 28.1 Å². The van der Waals surface area contributed by atoms with Crippen LogP contribution in [0.5, 0.6) is 5.75 Å². The van der Waals surface area contributed by atoms with E-state index >= 15 is 0 Å². The normalized spacial score (nSPS) is 11.9. The lowest BCUT2D eigenvalue weighted by atomic mass is 10.1. The number of para-hydroxylation sites is 1. The van der Waals surface area contributed by atoms with E-state index in [1.165, 1.54) is 0 Å². The number of nitrogens with one attached hydrogen (secondary N) is 1. The van der Waals surface area contributed by atoms with E-state index in [4.69, 9.17) is 4.74 Å². The lowest BCUT2D eigenvalue weighted by Gasteiger charge is -2.18. The van der Waals surface area contributed by atoms with E-state index in [1.807, 2.05) is 50.2 Å². The minimum absolute atomic E-state index is 0.186. The maximum Gasteiger partial charge on any atom is 0.265 e. The summed E-state index contributed by atoms with van der Waals surface area (Å²) in [7, 11) is 0. The van der Waals surface area contributed by atoms with Crippen LogP contribution in [0.25, 0.3) is 0 Å². The third kappa shape index (κ3) is 4.11. The number of anilines is 1. The number of hydrogen-bond donors (Lipinski definition) is 1. The van der Waals surface area contributed by atoms with Crippen LogP contribution in [0, 0.1) is 13.8 Å². The second-order valence-corrected chi connectivity index (χ2v) is 6.87. The van der Waals surface area contributed by atoms with Gasteiger partial charge in [-0.15, -0.1) is 0 Å². The quantitative estimate of drug-likeness (QED) is 0.726. The van der Waals surface area contributed by atoms with Gasteiger partial charge in [0.1, 0.15) is 5.75 Å². The smallest absolute Gasteiger partial charge is 0.265 e. The fraction of sp³-hybridized carbons (Fsp3) is 0.235. The molecule has 0 aliphatic carbocycles. The molecule has 0 aromatic heterocycles. The first-order valence-corrected chi connectivity index (χ1v) is 8.46. The van der Waals surface area contributed by atoms with Gasteiger partial charge in [-0.05, 0) is 72.1 Å². The van der Waals surface area contributed by atoms with Gasteiger partial charge in [0.2, 0.25) is 0 Å². The molecule has 1 N–H and O–H groups in total. The Morgan fingerprint density at radius 2 is 1.73 bits per heavy atom. The lowest BCUT2D eigenvalue weighted by molar-refractivity contribution is -0.122. The molecule has 22 heavy (non-hydrogen) atoms. The van der Waals surface area contributed by atoms with Crippen LogP contribution < -0.4 is 10.1 Å². The Labute approximate surface area is 147 Å². The van der Waals surface area contributed by atoms with Crippen molar-refractivity contribution >= 4 is 43.5 Å². The van der Waals surface area contributed by atoms with Crippen LogP contribution in [0.1, 0.15) is 18.1 Å². The molecule has 1 amide bonds. The van der Waals surface area contributed by atoms with Crippen molar-refractivity contribution in [3.8, 4) is 5.75 Å². The molecule has 0 spiro atoms. The molecule has 2 aromatic rings. The van der Waals surface area contributed by atoms with Crippen LogP contribution in [-0.4, -0.2) is 12.0 Å². The Balaban J connectivity index is 2.11. The number of aryl methyl sites for hydroxylation is 2. The molecule has 0 saturated carbocycles. The van der Waals surface area contributed by atoms with Gasteiger partial charge in [0.15, 0.2) is 6.10 Å². The first kappa shape index (κ1) is 17.0. The van der Waals surface area contributed by atoms with Crippen molar-refractivity contribution in [2.45, 2.75) is 26.9 Å². The van der Waals surface area contributed by atoms with Gasteiger partial charge in [0.25, 0.3) is 5.91 Å². The van der Waals surface area contributed by atoms with E-state index < -0.39 is 6.10 Å². The first-order chi connectivity index (χ1) is 10.4. The Kier molecular flexibility index (Phi) is 5.64. The van der Waals surface area contributed by atoms with Crippen molar-refractivity contribution < 1.29 is 9.53 Å². The molecule has 116 valence electrons. The van der Waals surface area contributed by atoms with Crippen molar-refractivity contribution in [1.82, 2.24) is 0 Å². The summed E-state index contributed by atoms with van der Waals surface area (Å²) in [6, 6.07) is 11.4. The molecular formula is C17H17Br2NO2. The first-order valence-electron chi connectivity index (χ1n) is 6.87. The summed E-state index contributed by atoms with van der Waals surface area (Å²) in [6.07, 6.45) is -0.592. The van der Waals surface area contributed by atoms with Gasteiger partial charge in [-0.25, -0.2) is 0 Å². The molecule has 2 rings (SSSR count). The topological polar surface area (TPSA) is 38.3 Å². The predicted octanol–water partition coefficient (Wildman–Crippen LogP) is 5.23. The summed E-state index contributed by atoms with van der Waals surface area (Å²) in [5.41, 5.74) is 2.71. The molecule has 5 heteroatoms. The third-order valence-electron chi connectivity index (χ3n) is 3.22. The molecule has 0 bridgehead atoms. The van der Waals surface area contributed by atoms with Crippen LogP contribution in [0.4, 0.5) is 5.69 Å². The number of carbonyl (C=O) groups excluding carboxylic acids is 1. The van der Waals surface area contributed by atoms with Gasteiger partial charge in [0.05, 0.1) is 5.69 Å². The molecule has 0 fully saturated rings. The summed E-state index contributed by atoms with van der Waals surface area (Å²) in [5.74, 6) is 0.562. The molecule has 2 aromatic carbocycles. The standard InChI is InChI=1S/C17H17Br2NO2/c1-10-8-13(18)9-11(2)16(10)22-12(3)17(21)20-15-7-5-4-6-14(15)19/h4-9,12H,1-3H3,(H,20,21). The Hall–Kier alpha value is -1.33. The summed E-state index contributed by atoms with van der Waals surface area (Å²) >= 11 is 6.87. The van der Waals surface area contributed by atoms with Crippen LogP contribution in [-0.2, 0) is 4.79 Å². The molecule has 0 aliphatic heterocycles. The second kappa shape index (κ2) is 7.29.